The van der Waals surface area contributed by atoms with Crippen LogP contribution in [0.5, 0.6) is 5.75 Å². The summed E-state index contributed by atoms with van der Waals surface area (Å²) in [5.74, 6) is -0.826. The second-order valence-corrected chi connectivity index (χ2v) is 6.63. The number of benzene rings is 1. The van der Waals surface area contributed by atoms with Crippen LogP contribution in [-0.4, -0.2) is 60.0 Å². The fourth-order valence-corrected chi connectivity index (χ4v) is 3.38. The molecule has 1 fully saturated rings. The van der Waals surface area contributed by atoms with E-state index in [-0.39, 0.29) is 28.9 Å². The van der Waals surface area contributed by atoms with E-state index < -0.39 is 0 Å². The number of Topliss-reactive ketones (excluding diaryl/α,β-unsaturated/α-hetero) is 1. The maximum absolute atomic E-state index is 13.0. The Balaban J connectivity index is 1.55. The Kier molecular flexibility index (Phi) is 4.79. The van der Waals surface area contributed by atoms with E-state index in [1.807, 2.05) is 0 Å². The van der Waals surface area contributed by atoms with Crippen molar-refractivity contribution in [1.82, 2.24) is 30.1 Å². The minimum atomic E-state index is -0.328. The molecule has 0 aliphatic carbocycles. The molecular weight excluding hydrogens is 360 g/mol. The van der Waals surface area contributed by atoms with Crippen molar-refractivity contribution < 1.29 is 14.7 Å². The number of phenols is 1. The molecule has 1 N–H and O–H groups in total. The van der Waals surface area contributed by atoms with Crippen LogP contribution >= 0.6 is 0 Å². The smallest absolute Gasteiger partial charge is 0.257 e. The number of hydrogen-bond acceptors (Lipinski definition) is 7. The molecule has 1 unspecified atom stereocenters. The highest BCUT2D eigenvalue weighted by molar-refractivity contribution is 5.99. The number of pyridine rings is 1. The second kappa shape index (κ2) is 7.55. The number of ketones is 1. The molecule has 0 radical (unpaired) electrons. The summed E-state index contributed by atoms with van der Waals surface area (Å²) in [6, 6.07) is 9.81. The third kappa shape index (κ3) is 3.46. The number of hydrogen-bond donors (Lipinski definition) is 1. The Hall–Kier alpha value is -3.62. The molecule has 0 bridgehead atoms. The third-order valence-electron chi connectivity index (χ3n) is 4.82. The van der Waals surface area contributed by atoms with Crippen LogP contribution in [0.25, 0.3) is 5.69 Å². The first-order chi connectivity index (χ1) is 13.6. The van der Waals surface area contributed by atoms with E-state index in [1.54, 1.807) is 35.4 Å². The van der Waals surface area contributed by atoms with E-state index in [1.165, 1.54) is 23.1 Å². The predicted octanol–water partition coefficient (Wildman–Crippen LogP) is 1.50. The highest BCUT2D eigenvalue weighted by Gasteiger charge is 2.31. The van der Waals surface area contributed by atoms with Gasteiger partial charge in [-0.05, 0) is 53.6 Å². The van der Waals surface area contributed by atoms with Gasteiger partial charge in [0, 0.05) is 25.2 Å². The molecule has 4 rings (SSSR count). The van der Waals surface area contributed by atoms with Crippen LogP contribution in [0.2, 0.25) is 0 Å². The number of phenolic OH excluding ortho intramolecular Hbond substituents is 1. The maximum atomic E-state index is 13.0. The molecule has 28 heavy (non-hydrogen) atoms. The molecule has 0 spiro atoms. The van der Waals surface area contributed by atoms with Crippen LogP contribution < -0.4 is 0 Å². The number of rotatable bonds is 4. The summed E-state index contributed by atoms with van der Waals surface area (Å²) in [5, 5.41) is 21.1. The third-order valence-corrected chi connectivity index (χ3v) is 4.82. The molecule has 3 aromatic rings. The Morgan fingerprint density at radius 1 is 1.18 bits per heavy atom. The highest BCUT2D eigenvalue weighted by Crippen LogP contribution is 2.26. The lowest BCUT2D eigenvalue weighted by Crippen LogP contribution is -2.42. The lowest BCUT2D eigenvalue weighted by Gasteiger charge is -2.32. The van der Waals surface area contributed by atoms with Gasteiger partial charge in [0.05, 0.1) is 11.3 Å². The summed E-state index contributed by atoms with van der Waals surface area (Å²) in [6.07, 6.45) is 4.41. The van der Waals surface area contributed by atoms with Crippen molar-refractivity contribution in [2.24, 2.45) is 5.92 Å². The second-order valence-electron chi connectivity index (χ2n) is 6.63. The van der Waals surface area contributed by atoms with E-state index in [9.17, 15) is 14.7 Å². The molecule has 9 heteroatoms. The van der Waals surface area contributed by atoms with Crippen molar-refractivity contribution in [3.63, 3.8) is 0 Å². The molecule has 1 amide bonds. The van der Waals surface area contributed by atoms with E-state index in [2.05, 4.69) is 20.5 Å². The molecule has 1 atom stereocenters. The van der Waals surface area contributed by atoms with Crippen molar-refractivity contribution in [2.75, 3.05) is 13.1 Å². The van der Waals surface area contributed by atoms with Crippen LogP contribution in [0.3, 0.4) is 0 Å². The van der Waals surface area contributed by atoms with Gasteiger partial charge in [0.1, 0.15) is 17.8 Å². The van der Waals surface area contributed by atoms with Gasteiger partial charge in [-0.3, -0.25) is 14.6 Å². The van der Waals surface area contributed by atoms with Gasteiger partial charge < -0.3 is 10.0 Å². The summed E-state index contributed by atoms with van der Waals surface area (Å²) in [6.45, 7) is 0.822. The van der Waals surface area contributed by atoms with Gasteiger partial charge in [0.2, 0.25) is 0 Å². The molecule has 1 aliphatic rings. The van der Waals surface area contributed by atoms with E-state index >= 15 is 0 Å². The van der Waals surface area contributed by atoms with Gasteiger partial charge in [0.25, 0.3) is 5.91 Å². The molecular formula is C19H18N6O3. The summed E-state index contributed by atoms with van der Waals surface area (Å²) < 4.78 is 1.40. The normalized spacial score (nSPS) is 16.7. The monoisotopic (exact) mass is 378 g/mol. The molecule has 1 saturated heterocycles. The Morgan fingerprint density at radius 3 is 2.82 bits per heavy atom. The molecule has 9 nitrogen and oxygen atoms in total. The van der Waals surface area contributed by atoms with Crippen molar-refractivity contribution in [3.05, 3.63) is 60.2 Å². The lowest BCUT2D eigenvalue weighted by atomic mass is 9.91. The van der Waals surface area contributed by atoms with Crippen LogP contribution in [0.15, 0.2) is 48.9 Å². The molecule has 0 saturated carbocycles. The Bertz CT molecular complexity index is 990. The van der Waals surface area contributed by atoms with Crippen LogP contribution in [0.4, 0.5) is 0 Å². The first-order valence-corrected chi connectivity index (χ1v) is 8.94. The first kappa shape index (κ1) is 17.8. The first-order valence-electron chi connectivity index (χ1n) is 8.94. The van der Waals surface area contributed by atoms with E-state index in [0.29, 0.717) is 37.3 Å². The van der Waals surface area contributed by atoms with Gasteiger partial charge in [-0.1, -0.05) is 6.07 Å². The molecule has 142 valence electrons. The van der Waals surface area contributed by atoms with E-state index in [0.717, 1.165) is 0 Å². The average Bonchev–Trinajstić information content (AvgIpc) is 3.29. The van der Waals surface area contributed by atoms with Crippen molar-refractivity contribution in [3.8, 4) is 11.4 Å². The number of aromatic hydroxyl groups is 1. The zero-order valence-corrected chi connectivity index (χ0v) is 15.0. The fourth-order valence-electron chi connectivity index (χ4n) is 3.38. The largest absolute Gasteiger partial charge is 0.507 e. The number of likely N-dealkylation sites (tertiary alicyclic amines) is 1. The lowest BCUT2D eigenvalue weighted by molar-refractivity contribution is 0.0633. The fraction of sp³-hybridized carbons (Fsp3) is 0.263. The van der Waals surface area contributed by atoms with Crippen LogP contribution in [-0.2, 0) is 0 Å². The van der Waals surface area contributed by atoms with Crippen molar-refractivity contribution >= 4 is 11.7 Å². The number of tetrazole rings is 1. The standard InChI is InChI=1S/C19H18N6O3/c26-17-7-6-14(25-12-21-22-23-25)10-15(17)19(28)24-9-3-4-13(11-24)18(27)16-5-1-2-8-20-16/h1-2,5-8,10,12-13,26H,3-4,9,11H2. The van der Waals surface area contributed by atoms with E-state index in [4.69, 9.17) is 0 Å². The SMILES string of the molecule is O=C(c1ccccn1)C1CCCN(C(=O)c2cc(-n3cnnn3)ccc2O)C1. The highest BCUT2D eigenvalue weighted by atomic mass is 16.3. The van der Waals surface area contributed by atoms with Gasteiger partial charge in [-0.25, -0.2) is 4.68 Å². The zero-order valence-electron chi connectivity index (χ0n) is 15.0. The number of carbonyl (C=O) groups excluding carboxylic acids is 2. The molecule has 1 aliphatic heterocycles. The number of piperidine rings is 1. The summed E-state index contributed by atoms with van der Waals surface area (Å²) in [5.41, 5.74) is 1.12. The summed E-state index contributed by atoms with van der Waals surface area (Å²) in [7, 11) is 0. The Morgan fingerprint density at radius 2 is 2.07 bits per heavy atom. The van der Waals surface area contributed by atoms with Crippen LogP contribution in [0.1, 0.15) is 33.7 Å². The number of amides is 1. The molecule has 3 heterocycles. The number of nitrogens with zero attached hydrogens (tertiary/aromatic N) is 6. The minimum Gasteiger partial charge on any atom is -0.507 e. The van der Waals surface area contributed by atoms with Crippen molar-refractivity contribution in [1.29, 1.82) is 0 Å². The van der Waals surface area contributed by atoms with Gasteiger partial charge >= 0.3 is 0 Å². The Labute approximate surface area is 160 Å². The van der Waals surface area contributed by atoms with Gasteiger partial charge in [-0.15, -0.1) is 5.10 Å². The van der Waals surface area contributed by atoms with Crippen molar-refractivity contribution in [2.45, 2.75) is 12.8 Å². The minimum absolute atomic E-state index is 0.0650. The quantitative estimate of drug-likeness (QED) is 0.684. The van der Waals surface area contributed by atoms with Gasteiger partial charge in [-0.2, -0.15) is 0 Å². The van der Waals surface area contributed by atoms with Gasteiger partial charge in [0.15, 0.2) is 5.78 Å². The molecule has 1 aromatic carbocycles. The van der Waals surface area contributed by atoms with Crippen LogP contribution in [0, 0.1) is 5.92 Å². The number of carbonyl (C=O) groups is 2. The summed E-state index contributed by atoms with van der Waals surface area (Å²) in [4.78, 5) is 31.5. The predicted molar refractivity (Wildman–Crippen MR) is 98.0 cm³/mol. The topological polar surface area (TPSA) is 114 Å². The molecule has 2 aromatic heterocycles. The number of aromatic nitrogens is 5. The summed E-state index contributed by atoms with van der Waals surface area (Å²) >= 11 is 0. The average molecular weight is 378 g/mol. The zero-order chi connectivity index (χ0) is 19.5. The maximum Gasteiger partial charge on any atom is 0.257 e.